The van der Waals surface area contributed by atoms with E-state index in [1.54, 1.807) is 0 Å². The molecule has 0 aromatic rings. The second kappa shape index (κ2) is 8.47. The molecule has 0 bridgehead atoms. The van der Waals surface area contributed by atoms with Crippen molar-refractivity contribution in [2.45, 2.75) is 25.7 Å². The minimum atomic E-state index is -0.799. The summed E-state index contributed by atoms with van der Waals surface area (Å²) in [5.41, 5.74) is 0. The molecule has 0 radical (unpaired) electrons. The number of esters is 3. The zero-order chi connectivity index (χ0) is 15.0. The highest BCUT2D eigenvalue weighted by Crippen LogP contribution is 2.32. The van der Waals surface area contributed by atoms with Crippen LogP contribution in [0.2, 0.25) is 0 Å². The van der Waals surface area contributed by atoms with Crippen molar-refractivity contribution >= 4 is 17.9 Å². The van der Waals surface area contributed by atoms with Crippen LogP contribution in [0.15, 0.2) is 12.7 Å². The minimum absolute atomic E-state index is 0.152. The number of rotatable bonds is 6. The number of methoxy groups -OCH3 is 1. The van der Waals surface area contributed by atoms with Gasteiger partial charge in [0.15, 0.2) is 0 Å². The van der Waals surface area contributed by atoms with Gasteiger partial charge in [0.1, 0.15) is 6.61 Å². The van der Waals surface area contributed by atoms with Gasteiger partial charge in [-0.1, -0.05) is 19.4 Å². The van der Waals surface area contributed by atoms with Crippen molar-refractivity contribution < 1.29 is 28.6 Å². The summed E-state index contributed by atoms with van der Waals surface area (Å²) in [5.74, 6) is -3.08. The number of carbonyl (C=O) groups is 3. The number of hydrogen-bond donors (Lipinski definition) is 0. The van der Waals surface area contributed by atoms with Gasteiger partial charge in [-0.15, -0.1) is 0 Å². The van der Waals surface area contributed by atoms with Crippen molar-refractivity contribution in [2.75, 3.05) is 20.3 Å². The predicted octanol–water partition coefficient (Wildman–Crippen LogP) is 1.24. The summed E-state index contributed by atoms with van der Waals surface area (Å²) in [5, 5.41) is 0. The molecular weight excluding hydrogens is 264 g/mol. The second-order valence-electron chi connectivity index (χ2n) is 4.60. The SMILES string of the molecule is C=CC(=O)OC(=O)C1CCCCC1C(=O)OCCOC. The lowest BCUT2D eigenvalue weighted by Crippen LogP contribution is -2.36. The Hall–Kier alpha value is -1.69. The van der Waals surface area contributed by atoms with Crippen LogP contribution in [0, 0.1) is 11.8 Å². The van der Waals surface area contributed by atoms with Crippen LogP contribution in [-0.4, -0.2) is 38.2 Å². The zero-order valence-corrected chi connectivity index (χ0v) is 11.6. The van der Waals surface area contributed by atoms with E-state index in [4.69, 9.17) is 9.47 Å². The number of carbonyl (C=O) groups excluding carboxylic acids is 3. The van der Waals surface area contributed by atoms with Gasteiger partial charge in [-0.2, -0.15) is 0 Å². The summed E-state index contributed by atoms with van der Waals surface area (Å²) in [6, 6.07) is 0. The van der Waals surface area contributed by atoms with E-state index < -0.39 is 29.7 Å². The largest absolute Gasteiger partial charge is 0.463 e. The van der Waals surface area contributed by atoms with Crippen LogP contribution in [0.5, 0.6) is 0 Å². The molecule has 0 spiro atoms. The Bertz CT molecular complexity index is 376. The Kier molecular flexibility index (Phi) is 6.93. The molecule has 1 fully saturated rings. The van der Waals surface area contributed by atoms with Crippen LogP contribution in [0.4, 0.5) is 0 Å². The van der Waals surface area contributed by atoms with Crippen LogP contribution in [0.1, 0.15) is 25.7 Å². The summed E-state index contributed by atoms with van der Waals surface area (Å²) < 4.78 is 14.5. The van der Waals surface area contributed by atoms with E-state index in [1.807, 2.05) is 0 Å². The third kappa shape index (κ3) is 4.77. The third-order valence-corrected chi connectivity index (χ3v) is 3.27. The first kappa shape index (κ1) is 16.4. The van der Waals surface area contributed by atoms with Crippen molar-refractivity contribution in [3.8, 4) is 0 Å². The highest BCUT2D eigenvalue weighted by Gasteiger charge is 2.38. The van der Waals surface area contributed by atoms with Crippen molar-refractivity contribution in [3.63, 3.8) is 0 Å². The molecule has 1 rings (SSSR count). The molecule has 1 aliphatic carbocycles. The third-order valence-electron chi connectivity index (χ3n) is 3.27. The van der Waals surface area contributed by atoms with E-state index in [0.29, 0.717) is 19.4 Å². The quantitative estimate of drug-likeness (QED) is 0.316. The van der Waals surface area contributed by atoms with Crippen LogP contribution >= 0.6 is 0 Å². The predicted molar refractivity (Wildman–Crippen MR) is 69.6 cm³/mol. The molecule has 2 unspecified atom stereocenters. The van der Waals surface area contributed by atoms with Gasteiger partial charge in [-0.3, -0.25) is 9.59 Å². The molecule has 0 heterocycles. The van der Waals surface area contributed by atoms with Crippen molar-refractivity contribution in [2.24, 2.45) is 11.8 Å². The van der Waals surface area contributed by atoms with E-state index in [9.17, 15) is 14.4 Å². The second-order valence-corrected chi connectivity index (χ2v) is 4.60. The van der Waals surface area contributed by atoms with E-state index >= 15 is 0 Å². The molecule has 6 nitrogen and oxygen atoms in total. The Morgan fingerprint density at radius 2 is 1.70 bits per heavy atom. The van der Waals surface area contributed by atoms with Gasteiger partial charge >= 0.3 is 17.9 Å². The Balaban J connectivity index is 2.61. The fourth-order valence-corrected chi connectivity index (χ4v) is 2.24. The minimum Gasteiger partial charge on any atom is -0.463 e. The van der Waals surface area contributed by atoms with Gasteiger partial charge in [-0.25, -0.2) is 4.79 Å². The standard InChI is InChI=1S/C14H20O6/c1-3-12(15)20-14(17)11-7-5-4-6-10(11)13(16)19-9-8-18-2/h3,10-11H,1,4-9H2,2H3. The smallest absolute Gasteiger partial charge is 0.337 e. The average Bonchev–Trinajstić information content (AvgIpc) is 2.47. The Labute approximate surface area is 118 Å². The molecule has 0 N–H and O–H groups in total. The first-order chi connectivity index (χ1) is 9.60. The Morgan fingerprint density at radius 3 is 2.25 bits per heavy atom. The summed E-state index contributed by atoms with van der Waals surface area (Å²) in [4.78, 5) is 34.9. The highest BCUT2D eigenvalue weighted by molar-refractivity contribution is 5.94. The van der Waals surface area contributed by atoms with E-state index in [-0.39, 0.29) is 6.61 Å². The summed E-state index contributed by atoms with van der Waals surface area (Å²) in [7, 11) is 1.51. The van der Waals surface area contributed by atoms with E-state index in [1.165, 1.54) is 7.11 Å². The molecular formula is C14H20O6. The zero-order valence-electron chi connectivity index (χ0n) is 11.6. The molecule has 0 aromatic heterocycles. The van der Waals surface area contributed by atoms with Gasteiger partial charge in [0.25, 0.3) is 0 Å². The molecule has 20 heavy (non-hydrogen) atoms. The van der Waals surface area contributed by atoms with Gasteiger partial charge in [0, 0.05) is 13.2 Å². The highest BCUT2D eigenvalue weighted by atomic mass is 16.6. The van der Waals surface area contributed by atoms with Crippen LogP contribution < -0.4 is 0 Å². The first-order valence-corrected chi connectivity index (χ1v) is 6.63. The lowest BCUT2D eigenvalue weighted by molar-refractivity contribution is -0.168. The number of ether oxygens (including phenoxy) is 3. The van der Waals surface area contributed by atoms with E-state index in [0.717, 1.165) is 18.9 Å². The molecule has 1 aliphatic rings. The Morgan fingerprint density at radius 1 is 1.10 bits per heavy atom. The summed E-state index contributed by atoms with van der Waals surface area (Å²) >= 11 is 0. The normalized spacial score (nSPS) is 21.9. The molecule has 112 valence electrons. The fourth-order valence-electron chi connectivity index (χ4n) is 2.24. The maximum Gasteiger partial charge on any atom is 0.337 e. The molecule has 1 saturated carbocycles. The van der Waals surface area contributed by atoms with Gasteiger partial charge in [0.05, 0.1) is 18.4 Å². The van der Waals surface area contributed by atoms with Crippen molar-refractivity contribution in [1.82, 2.24) is 0 Å². The van der Waals surface area contributed by atoms with Crippen molar-refractivity contribution in [3.05, 3.63) is 12.7 Å². The molecule has 2 atom stereocenters. The maximum absolute atomic E-state index is 12.0. The molecule has 0 aliphatic heterocycles. The molecule has 0 aromatic carbocycles. The van der Waals surface area contributed by atoms with Crippen molar-refractivity contribution in [1.29, 1.82) is 0 Å². The molecule has 0 saturated heterocycles. The molecule has 6 heteroatoms. The van der Waals surface area contributed by atoms with Crippen LogP contribution in [0.3, 0.4) is 0 Å². The van der Waals surface area contributed by atoms with Gasteiger partial charge < -0.3 is 14.2 Å². The van der Waals surface area contributed by atoms with Crippen LogP contribution in [-0.2, 0) is 28.6 Å². The topological polar surface area (TPSA) is 78.9 Å². The first-order valence-electron chi connectivity index (χ1n) is 6.63. The molecule has 0 amide bonds. The lowest BCUT2D eigenvalue weighted by Gasteiger charge is -2.27. The monoisotopic (exact) mass is 284 g/mol. The van der Waals surface area contributed by atoms with Gasteiger partial charge in [-0.05, 0) is 12.8 Å². The summed E-state index contributed by atoms with van der Waals surface area (Å²) in [6.45, 7) is 3.69. The average molecular weight is 284 g/mol. The van der Waals surface area contributed by atoms with Crippen LogP contribution in [0.25, 0.3) is 0 Å². The van der Waals surface area contributed by atoms with Gasteiger partial charge in [0.2, 0.25) is 0 Å². The number of hydrogen-bond acceptors (Lipinski definition) is 6. The maximum atomic E-state index is 12.0. The summed E-state index contributed by atoms with van der Waals surface area (Å²) in [6.07, 6.45) is 3.68. The van der Waals surface area contributed by atoms with E-state index in [2.05, 4.69) is 11.3 Å². The fraction of sp³-hybridized carbons (Fsp3) is 0.643. The lowest BCUT2D eigenvalue weighted by atomic mass is 9.79.